The molecule has 0 fully saturated rings. The van der Waals surface area contributed by atoms with Gasteiger partial charge in [-0.2, -0.15) is 0 Å². The van der Waals surface area contributed by atoms with Crippen LogP contribution in [0.25, 0.3) is 0 Å². The SMILES string of the molecule is COc1cc(Cl)c(CCCBr)cc1OC. The van der Waals surface area contributed by atoms with Gasteiger partial charge < -0.3 is 9.47 Å². The number of rotatable bonds is 5. The van der Waals surface area contributed by atoms with Gasteiger partial charge in [-0.25, -0.2) is 0 Å². The highest BCUT2D eigenvalue weighted by atomic mass is 79.9. The van der Waals surface area contributed by atoms with E-state index >= 15 is 0 Å². The van der Waals surface area contributed by atoms with Gasteiger partial charge in [-0.05, 0) is 24.5 Å². The molecule has 0 aliphatic carbocycles. The molecule has 0 atom stereocenters. The predicted molar refractivity (Wildman–Crippen MR) is 66.7 cm³/mol. The Hall–Kier alpha value is -0.410. The number of halogens is 2. The molecule has 15 heavy (non-hydrogen) atoms. The highest BCUT2D eigenvalue weighted by Crippen LogP contribution is 2.33. The van der Waals surface area contributed by atoms with Gasteiger partial charge in [-0.1, -0.05) is 27.5 Å². The average molecular weight is 294 g/mol. The van der Waals surface area contributed by atoms with Crippen LogP contribution < -0.4 is 9.47 Å². The lowest BCUT2D eigenvalue weighted by Crippen LogP contribution is -1.94. The third kappa shape index (κ3) is 3.28. The van der Waals surface area contributed by atoms with Crippen LogP contribution in [0.5, 0.6) is 11.5 Å². The molecule has 84 valence electrons. The zero-order chi connectivity index (χ0) is 11.3. The Labute approximate surface area is 104 Å². The predicted octanol–water partition coefficient (Wildman–Crippen LogP) is 3.68. The summed E-state index contributed by atoms with van der Waals surface area (Å²) in [6.45, 7) is 0. The van der Waals surface area contributed by atoms with E-state index < -0.39 is 0 Å². The van der Waals surface area contributed by atoms with Crippen LogP contribution in [0.3, 0.4) is 0 Å². The molecule has 0 N–H and O–H groups in total. The average Bonchev–Trinajstić information content (AvgIpc) is 2.27. The molecule has 0 heterocycles. The second kappa shape index (κ2) is 6.23. The highest BCUT2D eigenvalue weighted by molar-refractivity contribution is 9.09. The molecule has 0 spiro atoms. The fourth-order valence-electron chi connectivity index (χ4n) is 1.35. The van der Waals surface area contributed by atoms with E-state index in [1.54, 1.807) is 20.3 Å². The van der Waals surface area contributed by atoms with Gasteiger partial charge in [-0.15, -0.1) is 0 Å². The molecule has 1 rings (SSSR count). The second-order valence-corrected chi connectivity index (χ2v) is 4.29. The number of benzene rings is 1. The topological polar surface area (TPSA) is 18.5 Å². The Morgan fingerprint density at radius 2 is 1.80 bits per heavy atom. The Kier molecular flexibility index (Phi) is 5.26. The molecule has 4 heteroatoms. The Morgan fingerprint density at radius 1 is 1.20 bits per heavy atom. The first-order valence-corrected chi connectivity index (χ1v) is 6.19. The molecule has 0 saturated heterocycles. The minimum atomic E-state index is 0.671. The fourth-order valence-corrected chi connectivity index (χ4v) is 1.87. The number of hydrogen-bond donors (Lipinski definition) is 0. The Balaban J connectivity index is 2.97. The lowest BCUT2D eigenvalue weighted by atomic mass is 10.1. The highest BCUT2D eigenvalue weighted by Gasteiger charge is 2.09. The second-order valence-electron chi connectivity index (χ2n) is 3.09. The zero-order valence-corrected chi connectivity index (χ0v) is 11.2. The summed E-state index contributed by atoms with van der Waals surface area (Å²) in [5.74, 6) is 1.40. The van der Waals surface area contributed by atoms with E-state index in [4.69, 9.17) is 21.1 Å². The molecule has 0 radical (unpaired) electrons. The third-order valence-corrected chi connectivity index (χ3v) is 3.04. The molecule has 0 amide bonds. The molecule has 0 bridgehead atoms. The van der Waals surface area contributed by atoms with Gasteiger partial charge >= 0.3 is 0 Å². The number of methoxy groups -OCH3 is 2. The van der Waals surface area contributed by atoms with Crippen molar-refractivity contribution in [2.45, 2.75) is 12.8 Å². The summed E-state index contributed by atoms with van der Waals surface area (Å²) < 4.78 is 10.4. The van der Waals surface area contributed by atoms with E-state index in [0.29, 0.717) is 5.75 Å². The van der Waals surface area contributed by atoms with Crippen LogP contribution in [0.15, 0.2) is 12.1 Å². The van der Waals surface area contributed by atoms with E-state index in [9.17, 15) is 0 Å². The molecular formula is C11H14BrClO2. The molecule has 0 aliphatic heterocycles. The number of alkyl halides is 1. The van der Waals surface area contributed by atoms with Gasteiger partial charge in [-0.3, -0.25) is 0 Å². The van der Waals surface area contributed by atoms with Crippen molar-refractivity contribution in [3.63, 3.8) is 0 Å². The van der Waals surface area contributed by atoms with Crippen molar-refractivity contribution in [2.24, 2.45) is 0 Å². The van der Waals surface area contributed by atoms with Crippen molar-refractivity contribution >= 4 is 27.5 Å². The summed E-state index contributed by atoms with van der Waals surface area (Å²) in [5.41, 5.74) is 1.09. The van der Waals surface area contributed by atoms with Crippen LogP contribution in [-0.4, -0.2) is 19.5 Å². The minimum absolute atomic E-state index is 0.671. The van der Waals surface area contributed by atoms with Crippen molar-refractivity contribution in [2.75, 3.05) is 19.5 Å². The maximum atomic E-state index is 6.12. The first-order valence-electron chi connectivity index (χ1n) is 4.69. The normalized spacial score (nSPS) is 10.1. The summed E-state index contributed by atoms with van der Waals surface area (Å²) in [6.07, 6.45) is 1.99. The number of aryl methyl sites for hydroxylation is 1. The van der Waals surface area contributed by atoms with Crippen LogP contribution in [-0.2, 0) is 6.42 Å². The monoisotopic (exact) mass is 292 g/mol. The molecule has 1 aromatic carbocycles. The van der Waals surface area contributed by atoms with E-state index in [0.717, 1.165) is 34.5 Å². The summed E-state index contributed by atoms with van der Waals surface area (Å²) in [7, 11) is 3.23. The van der Waals surface area contributed by atoms with Gasteiger partial charge in [0.05, 0.1) is 14.2 Å². The van der Waals surface area contributed by atoms with Crippen molar-refractivity contribution in [1.29, 1.82) is 0 Å². The molecule has 0 aliphatic rings. The Morgan fingerprint density at radius 3 is 2.33 bits per heavy atom. The quantitative estimate of drug-likeness (QED) is 0.771. The van der Waals surface area contributed by atoms with Crippen LogP contribution in [0.4, 0.5) is 0 Å². The maximum absolute atomic E-state index is 6.12. The first kappa shape index (κ1) is 12.7. The molecular weight excluding hydrogens is 279 g/mol. The maximum Gasteiger partial charge on any atom is 0.162 e. The van der Waals surface area contributed by atoms with E-state index in [2.05, 4.69) is 15.9 Å². The summed E-state index contributed by atoms with van der Waals surface area (Å²) in [5, 5.41) is 1.70. The molecule has 0 aromatic heterocycles. The summed E-state index contributed by atoms with van der Waals surface area (Å²) in [4.78, 5) is 0. The largest absolute Gasteiger partial charge is 0.493 e. The van der Waals surface area contributed by atoms with Gasteiger partial charge in [0.2, 0.25) is 0 Å². The summed E-state index contributed by atoms with van der Waals surface area (Å²) >= 11 is 9.52. The van der Waals surface area contributed by atoms with Crippen LogP contribution in [0, 0.1) is 0 Å². The lowest BCUT2D eigenvalue weighted by Gasteiger charge is -2.11. The van der Waals surface area contributed by atoms with Crippen LogP contribution >= 0.6 is 27.5 Å². The van der Waals surface area contributed by atoms with Crippen molar-refractivity contribution in [1.82, 2.24) is 0 Å². The van der Waals surface area contributed by atoms with Crippen molar-refractivity contribution in [3.8, 4) is 11.5 Å². The number of hydrogen-bond acceptors (Lipinski definition) is 2. The van der Waals surface area contributed by atoms with Gasteiger partial charge in [0, 0.05) is 16.4 Å². The van der Waals surface area contributed by atoms with Gasteiger partial charge in [0.25, 0.3) is 0 Å². The van der Waals surface area contributed by atoms with Crippen molar-refractivity contribution in [3.05, 3.63) is 22.7 Å². The fraction of sp³-hybridized carbons (Fsp3) is 0.455. The molecule has 1 aromatic rings. The van der Waals surface area contributed by atoms with Gasteiger partial charge in [0.1, 0.15) is 0 Å². The minimum Gasteiger partial charge on any atom is -0.493 e. The van der Waals surface area contributed by atoms with Crippen molar-refractivity contribution < 1.29 is 9.47 Å². The van der Waals surface area contributed by atoms with E-state index in [1.807, 2.05) is 6.07 Å². The molecule has 0 unspecified atom stereocenters. The summed E-state index contributed by atoms with van der Waals surface area (Å²) in [6, 6.07) is 3.73. The lowest BCUT2D eigenvalue weighted by molar-refractivity contribution is 0.354. The smallest absolute Gasteiger partial charge is 0.162 e. The standard InChI is InChI=1S/C11H14BrClO2/c1-14-10-6-8(4-3-5-12)9(13)7-11(10)15-2/h6-7H,3-5H2,1-2H3. The van der Waals surface area contributed by atoms with Crippen LogP contribution in [0.2, 0.25) is 5.02 Å². The Bertz CT molecular complexity index is 329. The van der Waals surface area contributed by atoms with Crippen LogP contribution in [0.1, 0.15) is 12.0 Å². The van der Waals surface area contributed by atoms with E-state index in [1.165, 1.54) is 0 Å². The van der Waals surface area contributed by atoms with Gasteiger partial charge in [0.15, 0.2) is 11.5 Å². The third-order valence-electron chi connectivity index (χ3n) is 2.13. The molecule has 0 saturated carbocycles. The van der Waals surface area contributed by atoms with E-state index in [-0.39, 0.29) is 0 Å². The molecule has 2 nitrogen and oxygen atoms in total. The zero-order valence-electron chi connectivity index (χ0n) is 8.85. The first-order chi connectivity index (χ1) is 7.22. The number of ether oxygens (including phenoxy) is 2.